The van der Waals surface area contributed by atoms with Gasteiger partial charge in [0.15, 0.2) is 11.5 Å². The summed E-state index contributed by atoms with van der Waals surface area (Å²) in [6.07, 6.45) is 0. The minimum absolute atomic E-state index is 0.202. The highest BCUT2D eigenvalue weighted by Crippen LogP contribution is 2.35. The molecule has 1 aliphatic rings. The van der Waals surface area contributed by atoms with E-state index in [1.54, 1.807) is 10.7 Å². The highest BCUT2D eigenvalue weighted by atomic mass is 19.1. The van der Waals surface area contributed by atoms with Gasteiger partial charge >= 0.3 is 0 Å². The Labute approximate surface area is 149 Å². The average Bonchev–Trinajstić information content (AvgIpc) is 3.29. The Balaban J connectivity index is 1.62. The number of nitrogens with one attached hydrogen (secondary N) is 1. The van der Waals surface area contributed by atoms with Gasteiger partial charge in [-0.2, -0.15) is 5.10 Å². The number of hydrogen-bond acceptors (Lipinski definition) is 4. The number of anilines is 1. The van der Waals surface area contributed by atoms with Crippen molar-refractivity contribution in [2.24, 2.45) is 0 Å². The normalized spacial score (nSPS) is 12.2. The zero-order valence-electron chi connectivity index (χ0n) is 14.0. The maximum absolute atomic E-state index is 13.0. The molecule has 132 valence electrons. The molecule has 3 aromatic rings. The van der Waals surface area contributed by atoms with Gasteiger partial charge in [0.1, 0.15) is 11.5 Å². The Hall–Kier alpha value is -3.35. The number of halogens is 1. The van der Waals surface area contributed by atoms with Crippen molar-refractivity contribution >= 4 is 11.6 Å². The third-order valence-corrected chi connectivity index (χ3v) is 4.08. The molecule has 0 fully saturated rings. The largest absolute Gasteiger partial charge is 0.454 e. The summed E-state index contributed by atoms with van der Waals surface area (Å²) in [6.45, 7) is 2.65. The highest BCUT2D eigenvalue weighted by Gasteiger charge is 2.19. The van der Waals surface area contributed by atoms with Crippen molar-refractivity contribution in [2.75, 3.05) is 12.1 Å². The molecule has 0 aliphatic carbocycles. The number of fused-ring (bicyclic) bond motifs is 1. The standard InChI is InChI=1S/C19H16FN3O3/c1-2-23-16(19(24)21-14-6-4-13(20)5-7-14)10-15(22-23)12-3-8-17-18(9-12)26-11-25-17/h3-10H,2,11H2,1H3,(H,21,24). The topological polar surface area (TPSA) is 65.4 Å². The molecule has 1 amide bonds. The number of benzene rings is 2. The summed E-state index contributed by atoms with van der Waals surface area (Å²) in [5.74, 6) is 0.688. The van der Waals surface area contributed by atoms with Crippen LogP contribution in [0.3, 0.4) is 0 Å². The van der Waals surface area contributed by atoms with Crippen LogP contribution in [0.2, 0.25) is 0 Å². The fourth-order valence-corrected chi connectivity index (χ4v) is 2.77. The molecule has 7 heteroatoms. The summed E-state index contributed by atoms with van der Waals surface area (Å²) in [6, 6.07) is 12.9. The number of aryl methyl sites for hydroxylation is 1. The molecule has 2 aromatic carbocycles. The third-order valence-electron chi connectivity index (χ3n) is 4.08. The van der Waals surface area contributed by atoms with Gasteiger partial charge in [-0.25, -0.2) is 4.39 Å². The number of ether oxygens (including phenoxy) is 2. The minimum Gasteiger partial charge on any atom is -0.454 e. The van der Waals surface area contributed by atoms with Gasteiger partial charge in [0.25, 0.3) is 5.91 Å². The lowest BCUT2D eigenvalue weighted by Crippen LogP contribution is -2.17. The Kier molecular flexibility index (Phi) is 4.04. The Bertz CT molecular complexity index is 967. The first-order valence-corrected chi connectivity index (χ1v) is 8.19. The van der Waals surface area contributed by atoms with Crippen LogP contribution in [-0.4, -0.2) is 22.5 Å². The highest BCUT2D eigenvalue weighted by molar-refractivity contribution is 6.03. The predicted octanol–water partition coefficient (Wildman–Crippen LogP) is 3.69. The monoisotopic (exact) mass is 353 g/mol. The number of rotatable bonds is 4. The molecule has 6 nitrogen and oxygen atoms in total. The first kappa shape index (κ1) is 16.1. The van der Waals surface area contributed by atoms with E-state index in [2.05, 4.69) is 10.4 Å². The van der Waals surface area contributed by atoms with E-state index in [1.165, 1.54) is 24.3 Å². The molecule has 4 rings (SSSR count). The molecule has 1 aromatic heterocycles. The van der Waals surface area contributed by atoms with Gasteiger partial charge in [0.05, 0.1) is 5.69 Å². The summed E-state index contributed by atoms with van der Waals surface area (Å²) < 4.78 is 25.3. The van der Waals surface area contributed by atoms with Crippen LogP contribution in [0.15, 0.2) is 48.5 Å². The third kappa shape index (κ3) is 2.99. The first-order chi connectivity index (χ1) is 12.6. The molecular formula is C19H16FN3O3. The smallest absolute Gasteiger partial charge is 0.273 e. The molecule has 0 atom stereocenters. The second-order valence-electron chi connectivity index (χ2n) is 5.76. The zero-order valence-corrected chi connectivity index (χ0v) is 14.0. The number of nitrogens with zero attached hydrogens (tertiary/aromatic N) is 2. The van der Waals surface area contributed by atoms with E-state index in [4.69, 9.17) is 9.47 Å². The summed E-state index contributed by atoms with van der Waals surface area (Å²) in [4.78, 5) is 12.6. The van der Waals surface area contributed by atoms with Crippen LogP contribution in [0, 0.1) is 5.82 Å². The number of hydrogen-bond donors (Lipinski definition) is 1. The Morgan fingerprint density at radius 2 is 1.92 bits per heavy atom. The van der Waals surface area contributed by atoms with Crippen molar-refractivity contribution in [3.05, 3.63) is 60.0 Å². The van der Waals surface area contributed by atoms with Crippen LogP contribution >= 0.6 is 0 Å². The van der Waals surface area contributed by atoms with Crippen molar-refractivity contribution < 1.29 is 18.7 Å². The van der Waals surface area contributed by atoms with Gasteiger partial charge in [-0.1, -0.05) is 0 Å². The lowest BCUT2D eigenvalue weighted by atomic mass is 10.1. The second kappa shape index (κ2) is 6.51. The van der Waals surface area contributed by atoms with Gasteiger partial charge in [-0.05, 0) is 55.5 Å². The van der Waals surface area contributed by atoms with Crippen molar-refractivity contribution in [1.29, 1.82) is 0 Å². The molecule has 0 saturated carbocycles. The van der Waals surface area contributed by atoms with Crippen molar-refractivity contribution in [1.82, 2.24) is 9.78 Å². The van der Waals surface area contributed by atoms with Gasteiger partial charge in [0.2, 0.25) is 6.79 Å². The van der Waals surface area contributed by atoms with Crippen molar-refractivity contribution in [2.45, 2.75) is 13.5 Å². The second-order valence-corrected chi connectivity index (χ2v) is 5.76. The minimum atomic E-state index is -0.355. The fraction of sp³-hybridized carbons (Fsp3) is 0.158. The molecular weight excluding hydrogens is 337 g/mol. The van der Waals surface area contributed by atoms with Crippen LogP contribution in [0.5, 0.6) is 11.5 Å². The van der Waals surface area contributed by atoms with Gasteiger partial charge in [-0.3, -0.25) is 9.48 Å². The summed E-state index contributed by atoms with van der Waals surface area (Å²) in [5, 5.41) is 7.26. The average molecular weight is 353 g/mol. The van der Waals surface area contributed by atoms with Crippen LogP contribution in [-0.2, 0) is 6.54 Å². The SMILES string of the molecule is CCn1nc(-c2ccc3c(c2)OCO3)cc1C(=O)Nc1ccc(F)cc1. The lowest BCUT2D eigenvalue weighted by Gasteiger charge is -2.06. The quantitative estimate of drug-likeness (QED) is 0.777. The molecule has 0 bridgehead atoms. The van der Waals surface area contributed by atoms with Crippen LogP contribution < -0.4 is 14.8 Å². The van der Waals surface area contributed by atoms with Crippen molar-refractivity contribution in [3.8, 4) is 22.8 Å². The van der Waals surface area contributed by atoms with E-state index < -0.39 is 0 Å². The summed E-state index contributed by atoms with van der Waals surface area (Å²) in [5.41, 5.74) is 2.43. The van der Waals surface area contributed by atoms with Crippen LogP contribution in [0.25, 0.3) is 11.3 Å². The fourth-order valence-electron chi connectivity index (χ4n) is 2.77. The van der Waals surface area contributed by atoms with Gasteiger partial charge in [0, 0.05) is 17.8 Å². The van der Waals surface area contributed by atoms with E-state index in [1.807, 2.05) is 25.1 Å². The Morgan fingerprint density at radius 1 is 1.15 bits per heavy atom. The van der Waals surface area contributed by atoms with E-state index in [-0.39, 0.29) is 18.5 Å². The zero-order chi connectivity index (χ0) is 18.1. The van der Waals surface area contributed by atoms with Crippen LogP contribution in [0.1, 0.15) is 17.4 Å². The summed E-state index contributed by atoms with van der Waals surface area (Å²) in [7, 11) is 0. The number of aromatic nitrogens is 2. The van der Waals surface area contributed by atoms with Gasteiger partial charge in [-0.15, -0.1) is 0 Å². The first-order valence-electron chi connectivity index (χ1n) is 8.19. The van der Waals surface area contributed by atoms with E-state index in [0.717, 1.165) is 5.56 Å². The molecule has 0 spiro atoms. The van der Waals surface area contributed by atoms with Gasteiger partial charge < -0.3 is 14.8 Å². The number of amides is 1. The van der Waals surface area contributed by atoms with E-state index in [9.17, 15) is 9.18 Å². The number of carbonyl (C=O) groups excluding carboxylic acids is 1. The molecule has 0 unspecified atom stereocenters. The maximum atomic E-state index is 13.0. The van der Waals surface area contributed by atoms with Crippen molar-refractivity contribution in [3.63, 3.8) is 0 Å². The maximum Gasteiger partial charge on any atom is 0.273 e. The van der Waals surface area contributed by atoms with E-state index in [0.29, 0.717) is 35.1 Å². The van der Waals surface area contributed by atoms with E-state index >= 15 is 0 Å². The molecule has 1 aliphatic heterocycles. The summed E-state index contributed by atoms with van der Waals surface area (Å²) >= 11 is 0. The van der Waals surface area contributed by atoms with Crippen LogP contribution in [0.4, 0.5) is 10.1 Å². The molecule has 0 radical (unpaired) electrons. The Morgan fingerprint density at radius 3 is 2.69 bits per heavy atom. The molecule has 2 heterocycles. The number of carbonyl (C=O) groups is 1. The molecule has 1 N–H and O–H groups in total. The predicted molar refractivity (Wildman–Crippen MR) is 93.8 cm³/mol. The lowest BCUT2D eigenvalue weighted by molar-refractivity contribution is 0.101. The molecule has 26 heavy (non-hydrogen) atoms. The molecule has 0 saturated heterocycles.